The summed E-state index contributed by atoms with van der Waals surface area (Å²) in [7, 11) is 0. The van der Waals surface area contributed by atoms with E-state index in [9.17, 15) is 0 Å². The largest absolute Gasteiger partial charge is 0.399 e. The number of hydrogen-bond acceptors (Lipinski definition) is 2. The summed E-state index contributed by atoms with van der Waals surface area (Å²) in [6.45, 7) is 5.71. The van der Waals surface area contributed by atoms with Crippen molar-refractivity contribution in [1.82, 2.24) is 5.32 Å². The topological polar surface area (TPSA) is 38.0 Å². The maximum atomic E-state index is 5.68. The van der Waals surface area contributed by atoms with Gasteiger partial charge in [0.2, 0.25) is 0 Å². The molecule has 0 aromatic heterocycles. The van der Waals surface area contributed by atoms with Crippen molar-refractivity contribution in [3.63, 3.8) is 0 Å². The Hall–Kier alpha value is -1.02. The van der Waals surface area contributed by atoms with Crippen LogP contribution in [0.15, 0.2) is 24.3 Å². The van der Waals surface area contributed by atoms with E-state index in [-0.39, 0.29) is 0 Å². The van der Waals surface area contributed by atoms with Crippen molar-refractivity contribution < 1.29 is 0 Å². The van der Waals surface area contributed by atoms with Gasteiger partial charge >= 0.3 is 0 Å². The fraction of sp³-hybridized carbons (Fsp3) is 0.571. The van der Waals surface area contributed by atoms with E-state index in [1.54, 1.807) is 0 Å². The minimum atomic E-state index is 0.613. The van der Waals surface area contributed by atoms with Gasteiger partial charge in [0.15, 0.2) is 0 Å². The molecule has 2 nitrogen and oxygen atoms in total. The first-order valence-corrected chi connectivity index (χ1v) is 6.25. The van der Waals surface area contributed by atoms with Crippen molar-refractivity contribution in [1.29, 1.82) is 0 Å². The average molecular weight is 218 g/mol. The third kappa shape index (κ3) is 2.99. The van der Waals surface area contributed by atoms with Crippen LogP contribution in [0, 0.1) is 5.92 Å². The van der Waals surface area contributed by atoms with Gasteiger partial charge in [-0.15, -0.1) is 0 Å². The Labute approximate surface area is 98.2 Å². The molecule has 1 fully saturated rings. The molecule has 0 aliphatic heterocycles. The summed E-state index contributed by atoms with van der Waals surface area (Å²) in [4.78, 5) is 0. The van der Waals surface area contributed by atoms with Crippen molar-refractivity contribution in [3.05, 3.63) is 29.8 Å². The summed E-state index contributed by atoms with van der Waals surface area (Å²) in [5.41, 5.74) is 7.91. The number of nitrogens with one attached hydrogen (secondary N) is 1. The van der Waals surface area contributed by atoms with Crippen LogP contribution in [-0.4, -0.2) is 12.6 Å². The smallest absolute Gasteiger partial charge is 0.0314 e. The second-order valence-electron chi connectivity index (χ2n) is 5.13. The first-order valence-electron chi connectivity index (χ1n) is 6.25. The van der Waals surface area contributed by atoms with Gasteiger partial charge in [0.05, 0.1) is 0 Å². The van der Waals surface area contributed by atoms with E-state index in [1.165, 1.54) is 18.4 Å². The first-order chi connectivity index (χ1) is 7.66. The molecule has 3 unspecified atom stereocenters. The Morgan fingerprint density at radius 2 is 2.00 bits per heavy atom. The molecule has 2 heteroatoms. The van der Waals surface area contributed by atoms with Gasteiger partial charge in [-0.2, -0.15) is 0 Å². The lowest BCUT2D eigenvalue weighted by molar-refractivity contribution is 0.578. The van der Waals surface area contributed by atoms with Crippen LogP contribution in [0.2, 0.25) is 0 Å². The van der Waals surface area contributed by atoms with Gasteiger partial charge in [-0.1, -0.05) is 26.0 Å². The van der Waals surface area contributed by atoms with E-state index >= 15 is 0 Å². The predicted octanol–water partition coefficient (Wildman–Crippen LogP) is 2.76. The monoisotopic (exact) mass is 218 g/mol. The number of rotatable bonds is 5. The van der Waals surface area contributed by atoms with Crippen LogP contribution in [0.1, 0.15) is 38.2 Å². The van der Waals surface area contributed by atoms with Crippen molar-refractivity contribution in [3.8, 4) is 0 Å². The molecule has 1 aromatic carbocycles. The van der Waals surface area contributed by atoms with Gasteiger partial charge in [-0.3, -0.25) is 0 Å². The highest BCUT2D eigenvalue weighted by Gasteiger charge is 2.31. The molecule has 1 aliphatic rings. The van der Waals surface area contributed by atoms with Crippen LogP contribution < -0.4 is 11.1 Å². The third-order valence-electron chi connectivity index (χ3n) is 3.60. The lowest BCUT2D eigenvalue weighted by Gasteiger charge is -2.12. The van der Waals surface area contributed by atoms with Gasteiger partial charge in [0.25, 0.3) is 0 Å². The molecule has 3 atom stereocenters. The molecule has 0 heterocycles. The quantitative estimate of drug-likeness (QED) is 0.746. The summed E-state index contributed by atoms with van der Waals surface area (Å²) in [6, 6.07) is 9.04. The van der Waals surface area contributed by atoms with Crippen LogP contribution in [0.3, 0.4) is 0 Å². The van der Waals surface area contributed by atoms with Crippen LogP contribution in [0.25, 0.3) is 0 Å². The Bertz CT molecular complexity index is 331. The Kier molecular flexibility index (Phi) is 3.49. The highest BCUT2D eigenvalue weighted by molar-refractivity contribution is 5.40. The van der Waals surface area contributed by atoms with Gasteiger partial charge < -0.3 is 11.1 Å². The molecule has 88 valence electrons. The van der Waals surface area contributed by atoms with Crippen LogP contribution in [0.4, 0.5) is 5.69 Å². The van der Waals surface area contributed by atoms with Crippen LogP contribution >= 0.6 is 0 Å². The zero-order valence-corrected chi connectivity index (χ0v) is 10.2. The zero-order valence-electron chi connectivity index (χ0n) is 10.2. The van der Waals surface area contributed by atoms with Crippen LogP contribution in [0.5, 0.6) is 0 Å². The first kappa shape index (κ1) is 11.5. The molecule has 16 heavy (non-hydrogen) atoms. The Morgan fingerprint density at radius 3 is 2.56 bits per heavy atom. The molecule has 0 saturated heterocycles. The van der Waals surface area contributed by atoms with Crippen molar-refractivity contribution in [2.45, 2.75) is 38.6 Å². The molecule has 0 bridgehead atoms. The van der Waals surface area contributed by atoms with E-state index in [2.05, 4.69) is 31.3 Å². The molecule has 3 N–H and O–H groups in total. The van der Waals surface area contributed by atoms with E-state index in [0.717, 1.165) is 24.2 Å². The number of nitrogens with two attached hydrogens (primary N) is 1. The standard InChI is InChI=1S/C14H22N2/c1-10(7-8-16-14-9-11(14)2)12-3-5-13(15)6-4-12/h3-6,10-11,14,16H,7-9,15H2,1-2H3. The van der Waals surface area contributed by atoms with E-state index in [4.69, 9.17) is 5.73 Å². The predicted molar refractivity (Wildman–Crippen MR) is 69.5 cm³/mol. The summed E-state index contributed by atoms with van der Waals surface area (Å²) < 4.78 is 0. The molecule has 0 amide bonds. The van der Waals surface area contributed by atoms with E-state index in [1.807, 2.05) is 12.1 Å². The summed E-state index contributed by atoms with van der Waals surface area (Å²) in [5, 5.41) is 3.59. The minimum Gasteiger partial charge on any atom is -0.399 e. The summed E-state index contributed by atoms with van der Waals surface area (Å²) in [6.07, 6.45) is 2.56. The second kappa shape index (κ2) is 4.88. The summed E-state index contributed by atoms with van der Waals surface area (Å²) in [5.74, 6) is 1.51. The second-order valence-corrected chi connectivity index (χ2v) is 5.13. The fourth-order valence-corrected chi connectivity index (χ4v) is 2.08. The molecular weight excluding hydrogens is 196 g/mol. The molecule has 0 spiro atoms. The minimum absolute atomic E-state index is 0.613. The Morgan fingerprint density at radius 1 is 1.38 bits per heavy atom. The molecule has 0 radical (unpaired) electrons. The number of benzene rings is 1. The van der Waals surface area contributed by atoms with Gasteiger partial charge in [-0.05, 0) is 48.9 Å². The molecule has 2 rings (SSSR count). The molecule has 1 aromatic rings. The third-order valence-corrected chi connectivity index (χ3v) is 3.60. The van der Waals surface area contributed by atoms with Crippen LogP contribution in [-0.2, 0) is 0 Å². The highest BCUT2D eigenvalue weighted by atomic mass is 15.0. The van der Waals surface area contributed by atoms with Crippen molar-refractivity contribution in [2.24, 2.45) is 5.92 Å². The van der Waals surface area contributed by atoms with Gasteiger partial charge in [0.1, 0.15) is 0 Å². The zero-order chi connectivity index (χ0) is 11.5. The van der Waals surface area contributed by atoms with E-state index in [0.29, 0.717) is 5.92 Å². The molecule has 1 aliphatic carbocycles. The molecule has 1 saturated carbocycles. The fourth-order valence-electron chi connectivity index (χ4n) is 2.08. The maximum absolute atomic E-state index is 5.68. The highest BCUT2D eigenvalue weighted by Crippen LogP contribution is 2.29. The summed E-state index contributed by atoms with van der Waals surface area (Å²) >= 11 is 0. The number of hydrogen-bond donors (Lipinski definition) is 2. The average Bonchev–Trinajstić information content (AvgIpc) is 2.95. The van der Waals surface area contributed by atoms with Gasteiger partial charge in [-0.25, -0.2) is 0 Å². The lowest BCUT2D eigenvalue weighted by atomic mass is 9.97. The number of anilines is 1. The van der Waals surface area contributed by atoms with Gasteiger partial charge in [0, 0.05) is 11.7 Å². The van der Waals surface area contributed by atoms with Crippen molar-refractivity contribution in [2.75, 3.05) is 12.3 Å². The van der Waals surface area contributed by atoms with Crippen molar-refractivity contribution >= 4 is 5.69 Å². The maximum Gasteiger partial charge on any atom is 0.0314 e. The SMILES string of the molecule is CC(CCNC1CC1C)c1ccc(N)cc1. The van der Waals surface area contributed by atoms with E-state index < -0.39 is 0 Å². The Balaban J connectivity index is 1.74. The number of nitrogen functional groups attached to an aromatic ring is 1. The lowest BCUT2D eigenvalue weighted by Crippen LogP contribution is -2.20. The molecular formula is C14H22N2. The normalized spacial score (nSPS) is 25.4.